The van der Waals surface area contributed by atoms with E-state index in [1.165, 1.54) is 0 Å². The molecule has 0 radical (unpaired) electrons. The van der Waals surface area contributed by atoms with Gasteiger partial charge < -0.3 is 10.2 Å². The molecule has 1 saturated heterocycles. The van der Waals surface area contributed by atoms with Crippen molar-refractivity contribution in [1.29, 1.82) is 0 Å². The second kappa shape index (κ2) is 7.97. The molecular formula is C21H24N2O2. The number of carbonyl (C=O) groups excluding carboxylic acids is 2. The van der Waals surface area contributed by atoms with Crippen molar-refractivity contribution in [2.24, 2.45) is 5.92 Å². The van der Waals surface area contributed by atoms with Crippen LogP contribution in [-0.2, 0) is 16.1 Å². The van der Waals surface area contributed by atoms with Crippen molar-refractivity contribution < 1.29 is 9.59 Å². The summed E-state index contributed by atoms with van der Waals surface area (Å²) in [7, 11) is 0. The van der Waals surface area contributed by atoms with Gasteiger partial charge in [0.1, 0.15) is 0 Å². The molecule has 4 heteroatoms. The van der Waals surface area contributed by atoms with Gasteiger partial charge in [-0.25, -0.2) is 0 Å². The predicted octanol–water partition coefficient (Wildman–Crippen LogP) is 2.96. The smallest absolute Gasteiger partial charge is 0.227 e. The molecule has 2 atom stereocenters. The van der Waals surface area contributed by atoms with E-state index in [4.69, 9.17) is 0 Å². The molecule has 130 valence electrons. The third kappa shape index (κ3) is 4.47. The number of carbonyl (C=O) groups is 2. The van der Waals surface area contributed by atoms with E-state index in [1.807, 2.05) is 72.5 Å². The lowest BCUT2D eigenvalue weighted by atomic mass is 10.00. The second-order valence-electron chi connectivity index (χ2n) is 6.71. The zero-order chi connectivity index (χ0) is 17.6. The van der Waals surface area contributed by atoms with Gasteiger partial charge in [0.25, 0.3) is 0 Å². The summed E-state index contributed by atoms with van der Waals surface area (Å²) in [5, 5.41) is 3.01. The highest BCUT2D eigenvalue weighted by Crippen LogP contribution is 2.20. The summed E-state index contributed by atoms with van der Waals surface area (Å²) in [6.45, 7) is 3.80. The first-order chi connectivity index (χ1) is 12.1. The van der Waals surface area contributed by atoms with Crippen molar-refractivity contribution in [2.45, 2.75) is 25.8 Å². The molecule has 2 amide bonds. The van der Waals surface area contributed by atoms with Gasteiger partial charge in [-0.3, -0.25) is 9.59 Å². The maximum Gasteiger partial charge on any atom is 0.227 e. The van der Waals surface area contributed by atoms with E-state index in [9.17, 15) is 9.59 Å². The van der Waals surface area contributed by atoms with Gasteiger partial charge >= 0.3 is 0 Å². The number of benzene rings is 2. The molecule has 25 heavy (non-hydrogen) atoms. The SMILES string of the molecule is C[C@@H](C(=O)NC[C@H]1CC(=O)N(Cc2ccccc2)C1)c1ccccc1. The summed E-state index contributed by atoms with van der Waals surface area (Å²) in [6.07, 6.45) is 0.507. The van der Waals surface area contributed by atoms with Gasteiger partial charge in [-0.2, -0.15) is 0 Å². The van der Waals surface area contributed by atoms with Crippen molar-refractivity contribution in [3.05, 3.63) is 71.8 Å². The number of rotatable bonds is 6. The third-order valence-corrected chi connectivity index (χ3v) is 4.77. The van der Waals surface area contributed by atoms with Crippen molar-refractivity contribution in [1.82, 2.24) is 10.2 Å². The largest absolute Gasteiger partial charge is 0.355 e. The first kappa shape index (κ1) is 17.2. The molecule has 0 aromatic heterocycles. The Bertz CT molecular complexity index is 715. The number of hydrogen-bond donors (Lipinski definition) is 1. The first-order valence-electron chi connectivity index (χ1n) is 8.78. The molecule has 1 heterocycles. The molecule has 3 rings (SSSR count). The summed E-state index contributed by atoms with van der Waals surface area (Å²) in [4.78, 5) is 26.4. The predicted molar refractivity (Wildman–Crippen MR) is 97.8 cm³/mol. The van der Waals surface area contributed by atoms with Crippen LogP contribution in [0.5, 0.6) is 0 Å². The Morgan fingerprint density at radius 3 is 2.44 bits per heavy atom. The van der Waals surface area contributed by atoms with Crippen LogP contribution in [-0.4, -0.2) is 29.8 Å². The third-order valence-electron chi connectivity index (χ3n) is 4.77. The molecule has 0 saturated carbocycles. The van der Waals surface area contributed by atoms with Gasteiger partial charge in [0.15, 0.2) is 0 Å². The van der Waals surface area contributed by atoms with E-state index in [-0.39, 0.29) is 23.7 Å². The van der Waals surface area contributed by atoms with E-state index < -0.39 is 0 Å². The summed E-state index contributed by atoms with van der Waals surface area (Å²) in [5.74, 6) is 0.182. The maximum atomic E-state index is 12.3. The van der Waals surface area contributed by atoms with Gasteiger partial charge in [0.05, 0.1) is 5.92 Å². The van der Waals surface area contributed by atoms with E-state index in [1.54, 1.807) is 0 Å². The van der Waals surface area contributed by atoms with Crippen LogP contribution in [0.25, 0.3) is 0 Å². The molecule has 0 bridgehead atoms. The zero-order valence-corrected chi connectivity index (χ0v) is 14.5. The quantitative estimate of drug-likeness (QED) is 0.882. The lowest BCUT2D eigenvalue weighted by Gasteiger charge is -2.18. The number of amides is 2. The van der Waals surface area contributed by atoms with Gasteiger partial charge in [-0.1, -0.05) is 60.7 Å². The number of likely N-dealkylation sites (tertiary alicyclic amines) is 1. The van der Waals surface area contributed by atoms with Crippen LogP contribution in [0.1, 0.15) is 30.4 Å². The lowest BCUT2D eigenvalue weighted by Crippen LogP contribution is -2.33. The van der Waals surface area contributed by atoms with E-state index >= 15 is 0 Å². The fraction of sp³-hybridized carbons (Fsp3) is 0.333. The second-order valence-corrected chi connectivity index (χ2v) is 6.71. The highest BCUT2D eigenvalue weighted by molar-refractivity contribution is 5.83. The molecule has 1 aliphatic rings. The molecule has 2 aromatic carbocycles. The molecular weight excluding hydrogens is 312 g/mol. The van der Waals surface area contributed by atoms with Crippen LogP contribution in [0, 0.1) is 5.92 Å². The van der Waals surface area contributed by atoms with Crippen molar-refractivity contribution in [2.75, 3.05) is 13.1 Å². The number of hydrogen-bond acceptors (Lipinski definition) is 2. The van der Waals surface area contributed by atoms with Crippen LogP contribution in [0.2, 0.25) is 0 Å². The Kier molecular flexibility index (Phi) is 5.49. The Hall–Kier alpha value is -2.62. The van der Waals surface area contributed by atoms with Crippen LogP contribution in [0.3, 0.4) is 0 Å². The van der Waals surface area contributed by atoms with Crippen molar-refractivity contribution >= 4 is 11.8 Å². The fourth-order valence-electron chi connectivity index (χ4n) is 3.24. The molecule has 0 unspecified atom stereocenters. The topological polar surface area (TPSA) is 49.4 Å². The van der Waals surface area contributed by atoms with Gasteiger partial charge in [0.2, 0.25) is 11.8 Å². The summed E-state index contributed by atoms with van der Waals surface area (Å²) >= 11 is 0. The first-order valence-corrected chi connectivity index (χ1v) is 8.78. The Morgan fingerprint density at radius 1 is 1.12 bits per heavy atom. The average Bonchev–Trinajstić information content (AvgIpc) is 3.00. The minimum atomic E-state index is -0.182. The highest BCUT2D eigenvalue weighted by Gasteiger charge is 2.30. The van der Waals surface area contributed by atoms with Crippen molar-refractivity contribution in [3.8, 4) is 0 Å². The van der Waals surface area contributed by atoms with Gasteiger partial charge in [0, 0.05) is 32.0 Å². The molecule has 2 aromatic rings. The van der Waals surface area contributed by atoms with Crippen LogP contribution in [0.15, 0.2) is 60.7 Å². The Labute approximate surface area is 148 Å². The molecule has 1 aliphatic heterocycles. The van der Waals surface area contributed by atoms with Crippen molar-refractivity contribution in [3.63, 3.8) is 0 Å². The molecule has 4 nitrogen and oxygen atoms in total. The fourth-order valence-corrected chi connectivity index (χ4v) is 3.24. The Morgan fingerprint density at radius 2 is 1.76 bits per heavy atom. The van der Waals surface area contributed by atoms with E-state index in [0.717, 1.165) is 11.1 Å². The number of nitrogens with one attached hydrogen (secondary N) is 1. The summed E-state index contributed by atoms with van der Waals surface area (Å²) in [6, 6.07) is 19.8. The minimum absolute atomic E-state index is 0.0140. The van der Waals surface area contributed by atoms with E-state index in [2.05, 4.69) is 5.32 Å². The highest BCUT2D eigenvalue weighted by atomic mass is 16.2. The summed E-state index contributed by atoms with van der Waals surface area (Å²) in [5.41, 5.74) is 2.14. The van der Waals surface area contributed by atoms with E-state index in [0.29, 0.717) is 26.1 Å². The monoisotopic (exact) mass is 336 g/mol. The summed E-state index contributed by atoms with van der Waals surface area (Å²) < 4.78 is 0. The molecule has 1 fully saturated rings. The lowest BCUT2D eigenvalue weighted by molar-refractivity contribution is -0.128. The molecule has 0 spiro atoms. The normalized spacial score (nSPS) is 18.2. The van der Waals surface area contributed by atoms with Crippen LogP contribution >= 0.6 is 0 Å². The van der Waals surface area contributed by atoms with Gasteiger partial charge in [-0.15, -0.1) is 0 Å². The Balaban J connectivity index is 1.49. The molecule has 0 aliphatic carbocycles. The van der Waals surface area contributed by atoms with Gasteiger partial charge in [-0.05, 0) is 18.1 Å². The standard InChI is InChI=1S/C21H24N2O2/c1-16(19-10-6-3-7-11-19)21(25)22-13-18-12-20(24)23(15-18)14-17-8-4-2-5-9-17/h2-11,16,18H,12-15H2,1H3,(H,22,25)/t16-,18-/m1/s1. The van der Waals surface area contributed by atoms with Crippen LogP contribution in [0.4, 0.5) is 0 Å². The van der Waals surface area contributed by atoms with Crippen LogP contribution < -0.4 is 5.32 Å². The maximum absolute atomic E-state index is 12.3. The minimum Gasteiger partial charge on any atom is -0.355 e. The number of nitrogens with zero attached hydrogens (tertiary/aromatic N) is 1. The zero-order valence-electron chi connectivity index (χ0n) is 14.5. The molecule has 1 N–H and O–H groups in total. The average molecular weight is 336 g/mol.